The lowest BCUT2D eigenvalue weighted by atomic mass is 9.86. The normalized spacial score (nSPS) is 17.2. The summed E-state index contributed by atoms with van der Waals surface area (Å²) in [7, 11) is 0. The molecular formula is C15H27N2O2. The van der Waals surface area contributed by atoms with Gasteiger partial charge in [0.2, 0.25) is 11.8 Å². The molecule has 1 radical (unpaired) electrons. The average molecular weight is 267 g/mol. The zero-order valence-electron chi connectivity index (χ0n) is 12.7. The molecule has 1 aliphatic rings. The van der Waals surface area contributed by atoms with Crippen LogP contribution < -0.4 is 10.6 Å². The van der Waals surface area contributed by atoms with Gasteiger partial charge in [-0.05, 0) is 30.6 Å². The second-order valence-corrected chi connectivity index (χ2v) is 6.92. The van der Waals surface area contributed by atoms with E-state index >= 15 is 0 Å². The topological polar surface area (TPSA) is 58.2 Å². The van der Waals surface area contributed by atoms with Gasteiger partial charge in [-0.15, -0.1) is 0 Å². The lowest BCUT2D eigenvalue weighted by Gasteiger charge is -2.30. The fourth-order valence-electron chi connectivity index (χ4n) is 1.73. The van der Waals surface area contributed by atoms with Crippen LogP contribution in [0.5, 0.6) is 0 Å². The first-order chi connectivity index (χ1) is 8.70. The van der Waals surface area contributed by atoms with Gasteiger partial charge in [0.25, 0.3) is 0 Å². The molecule has 4 nitrogen and oxygen atoms in total. The lowest BCUT2D eigenvalue weighted by Crippen LogP contribution is -2.54. The van der Waals surface area contributed by atoms with E-state index in [1.54, 1.807) is 6.42 Å². The molecule has 2 amide bonds. The van der Waals surface area contributed by atoms with Crippen molar-refractivity contribution in [2.45, 2.75) is 66.0 Å². The number of carbonyl (C=O) groups is 2. The van der Waals surface area contributed by atoms with E-state index in [1.807, 2.05) is 20.8 Å². The van der Waals surface area contributed by atoms with E-state index in [2.05, 4.69) is 24.5 Å². The minimum Gasteiger partial charge on any atom is -0.352 e. The van der Waals surface area contributed by atoms with Crippen LogP contribution in [0.2, 0.25) is 0 Å². The van der Waals surface area contributed by atoms with Crippen molar-refractivity contribution in [2.24, 2.45) is 11.3 Å². The van der Waals surface area contributed by atoms with Gasteiger partial charge in [0.15, 0.2) is 0 Å². The molecule has 0 saturated heterocycles. The monoisotopic (exact) mass is 267 g/mol. The van der Waals surface area contributed by atoms with E-state index in [0.717, 1.165) is 19.3 Å². The molecule has 1 atom stereocenters. The van der Waals surface area contributed by atoms with Crippen molar-refractivity contribution in [1.29, 1.82) is 0 Å². The van der Waals surface area contributed by atoms with Crippen LogP contribution in [0.15, 0.2) is 0 Å². The van der Waals surface area contributed by atoms with Gasteiger partial charge in [0.1, 0.15) is 6.04 Å². The van der Waals surface area contributed by atoms with Gasteiger partial charge in [-0.25, -0.2) is 0 Å². The van der Waals surface area contributed by atoms with Crippen LogP contribution >= 0.6 is 0 Å². The smallest absolute Gasteiger partial charge is 0.243 e. The highest BCUT2D eigenvalue weighted by Crippen LogP contribution is 2.23. The quantitative estimate of drug-likeness (QED) is 0.774. The second kappa shape index (κ2) is 6.40. The Labute approximate surface area is 116 Å². The highest BCUT2D eigenvalue weighted by molar-refractivity contribution is 5.91. The molecule has 19 heavy (non-hydrogen) atoms. The van der Waals surface area contributed by atoms with Gasteiger partial charge in [-0.1, -0.05) is 34.6 Å². The van der Waals surface area contributed by atoms with Gasteiger partial charge in [-0.2, -0.15) is 0 Å². The molecule has 1 fully saturated rings. The van der Waals surface area contributed by atoms with Crippen molar-refractivity contribution in [1.82, 2.24) is 10.6 Å². The predicted octanol–water partition coefficient (Wildman–Crippen LogP) is 2.05. The summed E-state index contributed by atoms with van der Waals surface area (Å²) in [6, 6.07) is -0.169. The van der Waals surface area contributed by atoms with Crippen molar-refractivity contribution < 1.29 is 9.59 Å². The molecular weight excluding hydrogens is 240 g/mol. The Bertz CT molecular complexity index is 328. The third-order valence-corrected chi connectivity index (χ3v) is 3.11. The lowest BCUT2D eigenvalue weighted by molar-refractivity contribution is -0.130. The van der Waals surface area contributed by atoms with E-state index in [9.17, 15) is 9.59 Å². The van der Waals surface area contributed by atoms with Crippen LogP contribution in [-0.4, -0.2) is 23.9 Å². The summed E-state index contributed by atoms with van der Waals surface area (Å²) < 4.78 is 0. The number of nitrogens with one attached hydrogen (secondary N) is 2. The Balaban J connectivity index is 2.53. The maximum absolute atomic E-state index is 12.2. The third kappa shape index (κ3) is 6.08. The van der Waals surface area contributed by atoms with Crippen molar-refractivity contribution in [3.05, 3.63) is 6.42 Å². The Morgan fingerprint density at radius 1 is 1.26 bits per heavy atom. The van der Waals surface area contributed by atoms with Gasteiger partial charge in [0.05, 0.1) is 0 Å². The number of hydrogen-bond acceptors (Lipinski definition) is 2. The SMILES string of the molecule is CC(C)C[CH]C(=O)NC(C(=O)NC1CC1)C(C)(C)C. The van der Waals surface area contributed by atoms with Gasteiger partial charge in [-0.3, -0.25) is 9.59 Å². The Hall–Kier alpha value is -1.06. The van der Waals surface area contributed by atoms with Crippen molar-refractivity contribution in [3.63, 3.8) is 0 Å². The summed E-state index contributed by atoms with van der Waals surface area (Å²) in [5.74, 6) is 0.222. The Kier molecular flexibility index (Phi) is 5.39. The average Bonchev–Trinajstić information content (AvgIpc) is 3.05. The Morgan fingerprint density at radius 3 is 2.26 bits per heavy atom. The molecule has 2 N–H and O–H groups in total. The summed E-state index contributed by atoms with van der Waals surface area (Å²) in [6.45, 7) is 10.0. The molecule has 109 valence electrons. The molecule has 1 unspecified atom stereocenters. The van der Waals surface area contributed by atoms with E-state index in [1.165, 1.54) is 0 Å². The van der Waals surface area contributed by atoms with Crippen LogP contribution in [-0.2, 0) is 9.59 Å². The molecule has 4 heteroatoms. The second-order valence-electron chi connectivity index (χ2n) is 6.92. The molecule has 0 spiro atoms. The van der Waals surface area contributed by atoms with Gasteiger partial charge in [0, 0.05) is 12.5 Å². The molecule has 1 rings (SSSR count). The molecule has 0 bridgehead atoms. The fraction of sp³-hybridized carbons (Fsp3) is 0.800. The Morgan fingerprint density at radius 2 is 1.84 bits per heavy atom. The summed E-state index contributed by atoms with van der Waals surface area (Å²) in [6.07, 6.45) is 4.47. The van der Waals surface area contributed by atoms with Crippen LogP contribution in [0.3, 0.4) is 0 Å². The first kappa shape index (κ1) is 16.0. The van der Waals surface area contributed by atoms with E-state index in [0.29, 0.717) is 12.0 Å². The molecule has 1 saturated carbocycles. The highest BCUT2D eigenvalue weighted by atomic mass is 16.2. The number of hydrogen-bond donors (Lipinski definition) is 2. The summed E-state index contributed by atoms with van der Waals surface area (Å²) in [4.78, 5) is 24.0. The van der Waals surface area contributed by atoms with Crippen molar-refractivity contribution in [2.75, 3.05) is 0 Å². The molecule has 0 aromatic heterocycles. The zero-order chi connectivity index (χ0) is 14.6. The zero-order valence-corrected chi connectivity index (χ0v) is 12.7. The number of carbonyl (C=O) groups excluding carboxylic acids is 2. The van der Waals surface area contributed by atoms with Crippen LogP contribution in [0.25, 0.3) is 0 Å². The molecule has 0 aromatic carbocycles. The maximum Gasteiger partial charge on any atom is 0.243 e. The third-order valence-electron chi connectivity index (χ3n) is 3.11. The highest BCUT2D eigenvalue weighted by Gasteiger charge is 2.35. The minimum absolute atomic E-state index is 0.0682. The largest absolute Gasteiger partial charge is 0.352 e. The van der Waals surface area contributed by atoms with Gasteiger partial charge < -0.3 is 10.6 Å². The van der Waals surface area contributed by atoms with Crippen molar-refractivity contribution in [3.8, 4) is 0 Å². The standard InChI is InChI=1S/C15H27N2O2/c1-10(2)6-9-12(18)17-13(15(3,4)5)14(19)16-11-7-8-11/h9-11,13H,6-8H2,1-5H3,(H,16,19)(H,17,18). The van der Waals surface area contributed by atoms with Crippen molar-refractivity contribution >= 4 is 11.8 Å². The van der Waals surface area contributed by atoms with Crippen LogP contribution in [0.4, 0.5) is 0 Å². The van der Waals surface area contributed by atoms with E-state index in [4.69, 9.17) is 0 Å². The van der Waals surface area contributed by atoms with Crippen LogP contribution in [0, 0.1) is 17.8 Å². The summed E-state index contributed by atoms with van der Waals surface area (Å²) >= 11 is 0. The first-order valence-corrected chi connectivity index (χ1v) is 7.14. The molecule has 0 aromatic rings. The first-order valence-electron chi connectivity index (χ1n) is 7.14. The molecule has 1 aliphatic carbocycles. The number of rotatable bonds is 6. The fourth-order valence-corrected chi connectivity index (χ4v) is 1.73. The summed E-state index contributed by atoms with van der Waals surface area (Å²) in [5.41, 5.74) is -0.291. The minimum atomic E-state index is -0.482. The maximum atomic E-state index is 12.2. The predicted molar refractivity (Wildman–Crippen MR) is 76.3 cm³/mol. The van der Waals surface area contributed by atoms with Gasteiger partial charge >= 0.3 is 0 Å². The van der Waals surface area contributed by atoms with E-state index < -0.39 is 6.04 Å². The van der Waals surface area contributed by atoms with E-state index in [-0.39, 0.29) is 17.2 Å². The summed E-state index contributed by atoms with van der Waals surface area (Å²) in [5, 5.41) is 5.80. The number of amides is 2. The molecule has 0 heterocycles. The van der Waals surface area contributed by atoms with Crippen LogP contribution in [0.1, 0.15) is 53.9 Å². The molecule has 0 aliphatic heterocycles.